The van der Waals surface area contributed by atoms with Gasteiger partial charge in [0.2, 0.25) is 0 Å². The minimum absolute atomic E-state index is 0.00814. The van der Waals surface area contributed by atoms with Gasteiger partial charge in [0.25, 0.3) is 5.91 Å². The maximum Gasteiger partial charge on any atom is 0.508 e. The molecule has 3 unspecified atom stereocenters. The van der Waals surface area contributed by atoms with E-state index in [9.17, 15) is 9.59 Å². The lowest BCUT2D eigenvalue weighted by Crippen LogP contribution is -2.54. The fourth-order valence-corrected chi connectivity index (χ4v) is 2.97. The number of nitrogens with one attached hydrogen (secondary N) is 1. The Morgan fingerprint density at radius 2 is 2.18 bits per heavy atom. The van der Waals surface area contributed by atoms with Crippen LogP contribution in [0.15, 0.2) is 18.2 Å². The molecule has 0 saturated carbocycles. The summed E-state index contributed by atoms with van der Waals surface area (Å²) in [5.41, 5.74) is 0.939. The Morgan fingerprint density at radius 3 is 2.91 bits per heavy atom. The summed E-state index contributed by atoms with van der Waals surface area (Å²) in [6.07, 6.45) is -1.80. The van der Waals surface area contributed by atoms with E-state index in [0.29, 0.717) is 18.9 Å². The molecule has 2 aliphatic rings. The average Bonchev–Trinajstić information content (AvgIpc) is 2.56. The van der Waals surface area contributed by atoms with Crippen molar-refractivity contribution < 1.29 is 28.5 Å². The normalized spacial score (nSPS) is 25.9. The molecule has 7 heteroatoms. The Bertz CT molecular complexity index is 602. The molecule has 2 heterocycles. The van der Waals surface area contributed by atoms with Gasteiger partial charge in [0, 0.05) is 23.9 Å². The lowest BCUT2D eigenvalue weighted by molar-refractivity contribution is -0.139. The highest BCUT2D eigenvalue weighted by molar-refractivity contribution is 5.84. The van der Waals surface area contributed by atoms with E-state index in [2.05, 4.69) is 10.1 Å². The molecule has 0 bridgehead atoms. The van der Waals surface area contributed by atoms with Crippen molar-refractivity contribution in [3.63, 3.8) is 0 Å². The van der Waals surface area contributed by atoms with Gasteiger partial charge in [-0.15, -0.1) is 0 Å². The summed E-state index contributed by atoms with van der Waals surface area (Å²) in [4.78, 5) is 23.4. The maximum absolute atomic E-state index is 12.0. The number of amides is 1. The van der Waals surface area contributed by atoms with Crippen molar-refractivity contribution in [1.29, 1.82) is 0 Å². The number of benzene rings is 1. The summed E-state index contributed by atoms with van der Waals surface area (Å²) in [7, 11) is 2.80. The number of hydrogen-bond acceptors (Lipinski definition) is 6. The number of methoxy groups -OCH3 is 2. The van der Waals surface area contributed by atoms with Crippen LogP contribution in [-0.2, 0) is 14.3 Å². The summed E-state index contributed by atoms with van der Waals surface area (Å²) < 4.78 is 20.6. The molecule has 0 aliphatic carbocycles. The quantitative estimate of drug-likeness (QED) is 0.823. The van der Waals surface area contributed by atoms with E-state index in [1.165, 1.54) is 7.11 Å². The first-order chi connectivity index (χ1) is 10.6. The monoisotopic (exact) mass is 307 g/mol. The molecule has 1 aromatic rings. The van der Waals surface area contributed by atoms with Crippen molar-refractivity contribution in [3.8, 4) is 11.5 Å². The Morgan fingerprint density at radius 1 is 1.36 bits per heavy atom. The third-order valence-corrected chi connectivity index (χ3v) is 4.10. The Hall–Kier alpha value is -2.44. The number of fused-ring (bicyclic) bond motifs is 3. The summed E-state index contributed by atoms with van der Waals surface area (Å²) in [6.45, 7) is 0.771. The van der Waals surface area contributed by atoms with E-state index in [1.807, 2.05) is 18.2 Å². The molecule has 3 atom stereocenters. The highest BCUT2D eigenvalue weighted by Crippen LogP contribution is 2.42. The van der Waals surface area contributed by atoms with E-state index < -0.39 is 12.3 Å². The Balaban J connectivity index is 1.90. The smallest absolute Gasteiger partial charge is 0.497 e. The molecular formula is C15H17NO6. The second kappa shape index (κ2) is 5.75. The zero-order chi connectivity index (χ0) is 15.7. The van der Waals surface area contributed by atoms with Crippen molar-refractivity contribution in [2.45, 2.75) is 12.0 Å². The van der Waals surface area contributed by atoms with Gasteiger partial charge >= 0.3 is 6.16 Å². The van der Waals surface area contributed by atoms with Gasteiger partial charge in [-0.05, 0) is 18.2 Å². The number of ether oxygens (including phenoxy) is 4. The molecule has 22 heavy (non-hydrogen) atoms. The zero-order valence-electron chi connectivity index (χ0n) is 12.3. The number of rotatable bonds is 2. The fourth-order valence-electron chi connectivity index (χ4n) is 2.97. The van der Waals surface area contributed by atoms with Crippen LogP contribution in [0.3, 0.4) is 0 Å². The molecule has 0 aromatic heterocycles. The van der Waals surface area contributed by atoms with Crippen LogP contribution in [0, 0.1) is 5.92 Å². The average molecular weight is 307 g/mol. The standard InChI is InChI=1S/C15H17NO6/c1-19-8-3-4-12-9(5-8)10-6-16-14(17)13(11(10)7-21-12)22-15(18)20-2/h3-5,10-11,13H,6-7H2,1-2H3,(H,16,17). The van der Waals surface area contributed by atoms with Crippen LogP contribution in [0.5, 0.6) is 11.5 Å². The number of carbonyl (C=O) groups is 2. The molecule has 1 aromatic carbocycles. The third-order valence-electron chi connectivity index (χ3n) is 4.10. The van der Waals surface area contributed by atoms with Crippen LogP contribution in [0.4, 0.5) is 4.79 Å². The Kier molecular flexibility index (Phi) is 3.79. The van der Waals surface area contributed by atoms with Gasteiger partial charge in [0.1, 0.15) is 11.5 Å². The minimum atomic E-state index is -0.925. The molecule has 1 saturated heterocycles. The molecule has 1 fully saturated rings. The fraction of sp³-hybridized carbons (Fsp3) is 0.467. The SMILES string of the molecule is COC(=O)OC1C(=O)NCC2c3cc(OC)ccc3OCC12. The second-order valence-corrected chi connectivity index (χ2v) is 5.22. The first-order valence-electron chi connectivity index (χ1n) is 6.97. The van der Waals surface area contributed by atoms with E-state index in [4.69, 9.17) is 14.2 Å². The van der Waals surface area contributed by atoms with E-state index in [0.717, 1.165) is 11.3 Å². The third kappa shape index (κ3) is 2.43. The van der Waals surface area contributed by atoms with E-state index in [1.54, 1.807) is 7.11 Å². The Labute approximate surface area is 127 Å². The lowest BCUT2D eigenvalue weighted by Gasteiger charge is -2.40. The summed E-state index contributed by atoms with van der Waals surface area (Å²) in [5.74, 6) is 0.876. The molecule has 0 spiro atoms. The van der Waals surface area contributed by atoms with Crippen molar-refractivity contribution >= 4 is 12.1 Å². The first-order valence-corrected chi connectivity index (χ1v) is 6.97. The molecule has 118 valence electrons. The lowest BCUT2D eigenvalue weighted by atomic mass is 9.78. The summed E-state index contributed by atoms with van der Waals surface area (Å²) in [6, 6.07) is 5.55. The van der Waals surface area contributed by atoms with Crippen molar-refractivity contribution in [1.82, 2.24) is 5.32 Å². The molecule has 1 amide bonds. The molecule has 1 N–H and O–H groups in total. The molecule has 7 nitrogen and oxygen atoms in total. The van der Waals surface area contributed by atoms with Crippen LogP contribution in [0.25, 0.3) is 0 Å². The van der Waals surface area contributed by atoms with Gasteiger partial charge < -0.3 is 24.3 Å². The van der Waals surface area contributed by atoms with Crippen molar-refractivity contribution in [3.05, 3.63) is 23.8 Å². The van der Waals surface area contributed by atoms with Gasteiger partial charge in [-0.25, -0.2) is 4.79 Å². The van der Waals surface area contributed by atoms with Gasteiger partial charge in [0.15, 0.2) is 6.10 Å². The molecule has 2 aliphatic heterocycles. The van der Waals surface area contributed by atoms with Crippen LogP contribution in [-0.4, -0.2) is 45.5 Å². The summed E-state index contributed by atoms with van der Waals surface area (Å²) >= 11 is 0. The highest BCUT2D eigenvalue weighted by atomic mass is 16.7. The van der Waals surface area contributed by atoms with Crippen molar-refractivity contribution in [2.75, 3.05) is 27.4 Å². The van der Waals surface area contributed by atoms with Gasteiger partial charge in [-0.3, -0.25) is 4.79 Å². The second-order valence-electron chi connectivity index (χ2n) is 5.22. The summed E-state index contributed by atoms with van der Waals surface area (Å²) in [5, 5.41) is 2.77. The number of carbonyl (C=O) groups excluding carboxylic acids is 2. The molecular weight excluding hydrogens is 290 g/mol. The predicted octanol–water partition coefficient (Wildman–Crippen LogP) is 1.07. The highest BCUT2D eigenvalue weighted by Gasteiger charge is 2.45. The van der Waals surface area contributed by atoms with Gasteiger partial charge in [-0.2, -0.15) is 0 Å². The maximum atomic E-state index is 12.0. The predicted molar refractivity (Wildman–Crippen MR) is 75.0 cm³/mol. The molecule has 0 radical (unpaired) electrons. The van der Waals surface area contributed by atoms with Crippen molar-refractivity contribution in [2.24, 2.45) is 5.92 Å². The van der Waals surface area contributed by atoms with Gasteiger partial charge in [0.05, 0.1) is 20.8 Å². The first kappa shape index (κ1) is 14.5. The largest absolute Gasteiger partial charge is 0.508 e. The van der Waals surface area contributed by atoms with Crippen LogP contribution in [0.1, 0.15) is 11.5 Å². The zero-order valence-corrected chi connectivity index (χ0v) is 12.3. The van der Waals surface area contributed by atoms with Crippen LogP contribution >= 0.6 is 0 Å². The van der Waals surface area contributed by atoms with Gasteiger partial charge in [-0.1, -0.05) is 0 Å². The topological polar surface area (TPSA) is 83.1 Å². The van der Waals surface area contributed by atoms with Crippen LogP contribution < -0.4 is 14.8 Å². The number of hydrogen-bond donors (Lipinski definition) is 1. The van der Waals surface area contributed by atoms with Crippen LogP contribution in [0.2, 0.25) is 0 Å². The number of piperidine rings is 1. The molecule has 3 rings (SSSR count). The van der Waals surface area contributed by atoms with E-state index in [-0.39, 0.29) is 17.7 Å². The minimum Gasteiger partial charge on any atom is -0.497 e. The van der Waals surface area contributed by atoms with E-state index >= 15 is 0 Å².